The molecule has 166 valence electrons. The smallest absolute Gasteiger partial charge is 0.311 e. The standard InChI is InChI=1S/C25H42O4/c1-17-9-8-10-21-24(17,5)14-11-18(2)25(21,6)16-15-23(4)13-12-20(28-29-23)19(3)22(26)27-7/h18-21H,1,8-16H2,2-7H3/t18-,19+,20+,21+,23-,24+,25+/m1/s1. The molecular weight excluding hydrogens is 364 g/mol. The number of carbonyl (C=O) groups is 1. The van der Waals surface area contributed by atoms with Gasteiger partial charge >= 0.3 is 5.97 Å². The van der Waals surface area contributed by atoms with E-state index < -0.39 is 0 Å². The van der Waals surface area contributed by atoms with Gasteiger partial charge in [-0.25, -0.2) is 9.78 Å². The highest BCUT2D eigenvalue weighted by Crippen LogP contribution is 2.63. The van der Waals surface area contributed by atoms with Gasteiger partial charge in [-0.3, -0.25) is 4.79 Å². The topological polar surface area (TPSA) is 44.8 Å². The molecule has 0 aromatic carbocycles. The first kappa shape index (κ1) is 22.8. The van der Waals surface area contributed by atoms with Crippen LogP contribution in [0.3, 0.4) is 0 Å². The molecule has 2 saturated carbocycles. The third-order valence-corrected chi connectivity index (χ3v) is 9.22. The Kier molecular flexibility index (Phi) is 6.56. The summed E-state index contributed by atoms with van der Waals surface area (Å²) in [5, 5.41) is 0. The van der Waals surface area contributed by atoms with Crippen LogP contribution in [-0.2, 0) is 19.3 Å². The Morgan fingerprint density at radius 2 is 1.93 bits per heavy atom. The first-order valence-electron chi connectivity index (χ1n) is 11.7. The Hall–Kier alpha value is -0.870. The van der Waals surface area contributed by atoms with Crippen LogP contribution in [0.5, 0.6) is 0 Å². The predicted octanol–water partition coefficient (Wildman–Crippen LogP) is 6.24. The van der Waals surface area contributed by atoms with E-state index in [0.717, 1.165) is 25.7 Å². The number of rotatable bonds is 5. The fourth-order valence-corrected chi connectivity index (χ4v) is 6.48. The minimum atomic E-state index is -0.297. The molecule has 7 atom stereocenters. The molecule has 0 amide bonds. The Labute approximate surface area is 177 Å². The highest BCUT2D eigenvalue weighted by molar-refractivity contribution is 5.72. The molecule has 1 saturated heterocycles. The zero-order valence-corrected chi connectivity index (χ0v) is 19.5. The van der Waals surface area contributed by atoms with Crippen LogP contribution in [0, 0.1) is 28.6 Å². The second kappa shape index (κ2) is 8.34. The maximum Gasteiger partial charge on any atom is 0.311 e. The van der Waals surface area contributed by atoms with Gasteiger partial charge in [-0.2, -0.15) is 0 Å². The lowest BCUT2D eigenvalue weighted by Gasteiger charge is -2.59. The van der Waals surface area contributed by atoms with Crippen LogP contribution >= 0.6 is 0 Å². The number of allylic oxidation sites excluding steroid dienone is 1. The Balaban J connectivity index is 1.65. The van der Waals surface area contributed by atoms with Gasteiger partial charge in [0.25, 0.3) is 0 Å². The zero-order valence-electron chi connectivity index (χ0n) is 19.5. The molecule has 0 N–H and O–H groups in total. The number of esters is 1. The number of carbonyl (C=O) groups excluding carboxylic acids is 1. The Morgan fingerprint density at radius 1 is 1.21 bits per heavy atom. The molecule has 3 rings (SSSR count). The van der Waals surface area contributed by atoms with Crippen molar-refractivity contribution in [3.05, 3.63) is 12.2 Å². The van der Waals surface area contributed by atoms with Gasteiger partial charge in [0, 0.05) is 0 Å². The fraction of sp³-hybridized carbons (Fsp3) is 0.880. The van der Waals surface area contributed by atoms with Crippen molar-refractivity contribution in [2.75, 3.05) is 7.11 Å². The van der Waals surface area contributed by atoms with Crippen molar-refractivity contribution in [1.82, 2.24) is 0 Å². The third-order valence-electron chi connectivity index (χ3n) is 9.22. The summed E-state index contributed by atoms with van der Waals surface area (Å²) in [4.78, 5) is 23.4. The van der Waals surface area contributed by atoms with Crippen molar-refractivity contribution >= 4 is 5.97 Å². The molecule has 0 spiro atoms. The highest BCUT2D eigenvalue weighted by Gasteiger charge is 2.54. The monoisotopic (exact) mass is 406 g/mol. The van der Waals surface area contributed by atoms with Crippen LogP contribution in [0.25, 0.3) is 0 Å². The van der Waals surface area contributed by atoms with Crippen LogP contribution in [0.1, 0.15) is 92.4 Å². The van der Waals surface area contributed by atoms with E-state index >= 15 is 0 Å². The molecule has 1 heterocycles. The summed E-state index contributed by atoms with van der Waals surface area (Å²) in [7, 11) is 1.42. The van der Waals surface area contributed by atoms with E-state index in [4.69, 9.17) is 14.5 Å². The van der Waals surface area contributed by atoms with Gasteiger partial charge in [0.15, 0.2) is 0 Å². The van der Waals surface area contributed by atoms with E-state index in [1.165, 1.54) is 44.8 Å². The molecule has 29 heavy (non-hydrogen) atoms. The molecule has 0 bridgehead atoms. The number of ether oxygens (including phenoxy) is 1. The van der Waals surface area contributed by atoms with Gasteiger partial charge in [-0.05, 0) is 94.3 Å². The molecule has 3 fully saturated rings. The molecule has 3 aliphatic rings. The molecule has 0 radical (unpaired) electrons. The molecule has 0 aromatic heterocycles. The molecule has 0 aromatic rings. The van der Waals surface area contributed by atoms with Gasteiger partial charge in [0.2, 0.25) is 0 Å². The maximum atomic E-state index is 11.8. The van der Waals surface area contributed by atoms with Crippen LogP contribution < -0.4 is 0 Å². The SMILES string of the molecule is C=C1CCC[C@@H]2[C@@](C)(CC[C@@]3(C)CC[C@@H]([C@H](C)C(=O)OC)OO3)[C@H](C)CC[C@@]12C. The summed E-state index contributed by atoms with van der Waals surface area (Å²) in [6.07, 6.45) is 10.1. The van der Waals surface area contributed by atoms with Crippen molar-refractivity contribution < 1.29 is 19.3 Å². The summed E-state index contributed by atoms with van der Waals surface area (Å²) in [6.45, 7) is 16.0. The molecule has 4 nitrogen and oxygen atoms in total. The van der Waals surface area contributed by atoms with Gasteiger partial charge in [-0.1, -0.05) is 32.9 Å². The maximum absolute atomic E-state index is 11.8. The fourth-order valence-electron chi connectivity index (χ4n) is 6.48. The number of hydrogen-bond acceptors (Lipinski definition) is 4. The first-order valence-corrected chi connectivity index (χ1v) is 11.7. The lowest BCUT2D eigenvalue weighted by molar-refractivity contribution is -0.412. The van der Waals surface area contributed by atoms with Crippen LogP contribution in [0.2, 0.25) is 0 Å². The lowest BCUT2D eigenvalue weighted by Crippen LogP contribution is -2.51. The molecule has 2 aliphatic carbocycles. The summed E-state index contributed by atoms with van der Waals surface area (Å²) >= 11 is 0. The van der Waals surface area contributed by atoms with Crippen LogP contribution in [-0.4, -0.2) is 24.8 Å². The summed E-state index contributed by atoms with van der Waals surface area (Å²) in [6, 6.07) is 0. The molecule has 0 unspecified atom stereocenters. The average Bonchev–Trinajstić information content (AvgIpc) is 2.71. The highest BCUT2D eigenvalue weighted by atomic mass is 17.2. The van der Waals surface area contributed by atoms with Crippen molar-refractivity contribution in [2.24, 2.45) is 28.6 Å². The van der Waals surface area contributed by atoms with E-state index in [0.29, 0.717) is 22.7 Å². The minimum Gasteiger partial charge on any atom is -0.469 e. The third kappa shape index (κ3) is 4.17. The molecule has 4 heteroatoms. The number of hydrogen-bond donors (Lipinski definition) is 0. The molecule has 1 aliphatic heterocycles. The van der Waals surface area contributed by atoms with Gasteiger partial charge in [0.05, 0.1) is 13.0 Å². The summed E-state index contributed by atoms with van der Waals surface area (Å²) in [5.41, 5.74) is 1.80. The Morgan fingerprint density at radius 3 is 2.55 bits per heavy atom. The van der Waals surface area contributed by atoms with Gasteiger partial charge < -0.3 is 4.74 Å². The van der Waals surface area contributed by atoms with E-state index in [2.05, 4.69) is 34.3 Å². The second-order valence-corrected chi connectivity index (χ2v) is 10.9. The summed E-state index contributed by atoms with van der Waals surface area (Å²) < 4.78 is 4.86. The number of methoxy groups -OCH3 is 1. The Bertz CT molecular complexity index is 620. The minimum absolute atomic E-state index is 0.218. The van der Waals surface area contributed by atoms with Crippen molar-refractivity contribution in [1.29, 1.82) is 0 Å². The quantitative estimate of drug-likeness (QED) is 0.308. The second-order valence-electron chi connectivity index (χ2n) is 10.9. The van der Waals surface area contributed by atoms with E-state index in [-0.39, 0.29) is 23.6 Å². The average molecular weight is 407 g/mol. The summed E-state index contributed by atoms with van der Waals surface area (Å²) in [5.74, 6) is 0.892. The largest absolute Gasteiger partial charge is 0.469 e. The van der Waals surface area contributed by atoms with Crippen LogP contribution in [0.15, 0.2) is 12.2 Å². The zero-order chi connectivity index (χ0) is 21.4. The predicted molar refractivity (Wildman–Crippen MR) is 115 cm³/mol. The normalized spacial score (nSPS) is 44.1. The van der Waals surface area contributed by atoms with Gasteiger partial charge in [0.1, 0.15) is 11.7 Å². The van der Waals surface area contributed by atoms with Gasteiger partial charge in [-0.15, -0.1) is 0 Å². The van der Waals surface area contributed by atoms with E-state index in [9.17, 15) is 4.79 Å². The van der Waals surface area contributed by atoms with Crippen molar-refractivity contribution in [3.8, 4) is 0 Å². The van der Waals surface area contributed by atoms with Crippen molar-refractivity contribution in [2.45, 2.75) is 104 Å². The van der Waals surface area contributed by atoms with Crippen LogP contribution in [0.4, 0.5) is 0 Å². The lowest BCUT2D eigenvalue weighted by atomic mass is 9.46. The van der Waals surface area contributed by atoms with E-state index in [1.807, 2.05) is 6.92 Å². The molecular formula is C25H42O4. The first-order chi connectivity index (χ1) is 13.6. The van der Waals surface area contributed by atoms with Crippen molar-refractivity contribution in [3.63, 3.8) is 0 Å². The van der Waals surface area contributed by atoms with E-state index in [1.54, 1.807) is 0 Å². The number of fused-ring (bicyclic) bond motifs is 1.